The van der Waals surface area contributed by atoms with Gasteiger partial charge in [-0.3, -0.25) is 4.79 Å². The van der Waals surface area contributed by atoms with Crippen LogP contribution >= 0.6 is 0 Å². The SMILES string of the molecule is CN1C(=O)CC(N)C1c1cccc(C2CC2)c1. The van der Waals surface area contributed by atoms with Gasteiger partial charge in [0.2, 0.25) is 5.91 Å². The normalized spacial score (nSPS) is 28.8. The summed E-state index contributed by atoms with van der Waals surface area (Å²) >= 11 is 0. The van der Waals surface area contributed by atoms with Crippen molar-refractivity contribution >= 4 is 5.91 Å². The highest BCUT2D eigenvalue weighted by atomic mass is 16.2. The van der Waals surface area contributed by atoms with Crippen LogP contribution in [-0.4, -0.2) is 23.9 Å². The number of rotatable bonds is 2. The molecule has 17 heavy (non-hydrogen) atoms. The Kier molecular flexibility index (Phi) is 2.44. The van der Waals surface area contributed by atoms with E-state index < -0.39 is 0 Å². The Morgan fingerprint density at radius 1 is 1.29 bits per heavy atom. The average Bonchev–Trinajstić information content (AvgIpc) is 3.09. The molecule has 1 aromatic rings. The first-order valence-electron chi connectivity index (χ1n) is 6.28. The summed E-state index contributed by atoms with van der Waals surface area (Å²) in [5.41, 5.74) is 8.67. The number of amides is 1. The van der Waals surface area contributed by atoms with Crippen LogP contribution < -0.4 is 5.73 Å². The fraction of sp³-hybridized carbons (Fsp3) is 0.500. The van der Waals surface area contributed by atoms with E-state index in [9.17, 15) is 4.79 Å². The molecule has 3 rings (SSSR count). The van der Waals surface area contributed by atoms with Gasteiger partial charge in [0.1, 0.15) is 0 Å². The Labute approximate surface area is 102 Å². The molecule has 0 aromatic heterocycles. The highest BCUT2D eigenvalue weighted by molar-refractivity contribution is 5.80. The summed E-state index contributed by atoms with van der Waals surface area (Å²) in [5, 5.41) is 0. The molecule has 0 radical (unpaired) electrons. The van der Waals surface area contributed by atoms with Gasteiger partial charge in [0.05, 0.1) is 6.04 Å². The van der Waals surface area contributed by atoms with Gasteiger partial charge in [0.25, 0.3) is 0 Å². The third-order valence-electron chi connectivity index (χ3n) is 3.93. The highest BCUT2D eigenvalue weighted by Crippen LogP contribution is 2.41. The molecule has 1 aromatic carbocycles. The van der Waals surface area contributed by atoms with Crippen LogP contribution in [0.4, 0.5) is 0 Å². The van der Waals surface area contributed by atoms with Crippen LogP contribution in [0.5, 0.6) is 0 Å². The van der Waals surface area contributed by atoms with Crippen LogP contribution in [0.15, 0.2) is 24.3 Å². The zero-order valence-corrected chi connectivity index (χ0v) is 10.1. The summed E-state index contributed by atoms with van der Waals surface area (Å²) in [5.74, 6) is 0.896. The van der Waals surface area contributed by atoms with Gasteiger partial charge in [-0.05, 0) is 29.9 Å². The first kappa shape index (κ1) is 10.8. The first-order chi connectivity index (χ1) is 8.16. The van der Waals surface area contributed by atoms with Crippen LogP contribution in [0.25, 0.3) is 0 Å². The van der Waals surface area contributed by atoms with E-state index in [4.69, 9.17) is 5.73 Å². The van der Waals surface area contributed by atoms with Crippen LogP contribution in [0.2, 0.25) is 0 Å². The molecule has 90 valence electrons. The summed E-state index contributed by atoms with van der Waals surface area (Å²) < 4.78 is 0. The third-order valence-corrected chi connectivity index (χ3v) is 3.93. The lowest BCUT2D eigenvalue weighted by Gasteiger charge is -2.23. The van der Waals surface area contributed by atoms with Crippen LogP contribution in [0, 0.1) is 0 Å². The zero-order valence-electron chi connectivity index (χ0n) is 10.1. The van der Waals surface area contributed by atoms with Crippen molar-refractivity contribution < 1.29 is 4.79 Å². The van der Waals surface area contributed by atoms with Crippen molar-refractivity contribution in [1.29, 1.82) is 0 Å². The molecule has 2 fully saturated rings. The molecule has 2 aliphatic rings. The molecule has 0 spiro atoms. The number of carbonyl (C=O) groups is 1. The standard InChI is InChI=1S/C14H18N2O/c1-16-13(17)8-12(15)14(16)11-4-2-3-10(7-11)9-5-6-9/h2-4,7,9,12,14H,5-6,8,15H2,1H3. The van der Waals surface area contributed by atoms with Crippen molar-refractivity contribution in [3.8, 4) is 0 Å². The topological polar surface area (TPSA) is 46.3 Å². The number of benzene rings is 1. The van der Waals surface area contributed by atoms with E-state index in [1.54, 1.807) is 4.90 Å². The molecule has 1 heterocycles. The van der Waals surface area contributed by atoms with E-state index in [1.807, 2.05) is 7.05 Å². The van der Waals surface area contributed by atoms with Gasteiger partial charge in [-0.2, -0.15) is 0 Å². The molecule has 3 heteroatoms. The van der Waals surface area contributed by atoms with Gasteiger partial charge in [-0.25, -0.2) is 0 Å². The minimum Gasteiger partial charge on any atom is -0.337 e. The number of carbonyl (C=O) groups excluding carboxylic acids is 1. The van der Waals surface area contributed by atoms with Crippen LogP contribution in [-0.2, 0) is 4.79 Å². The summed E-state index contributed by atoms with van der Waals surface area (Å²) in [7, 11) is 1.85. The Bertz CT molecular complexity index is 453. The summed E-state index contributed by atoms with van der Waals surface area (Å²) in [6.45, 7) is 0. The molecule has 0 bridgehead atoms. The van der Waals surface area contributed by atoms with Gasteiger partial charge in [0, 0.05) is 19.5 Å². The Morgan fingerprint density at radius 2 is 2.00 bits per heavy atom. The van der Waals surface area contributed by atoms with Gasteiger partial charge in [-0.1, -0.05) is 24.3 Å². The molecule has 1 saturated heterocycles. The van der Waals surface area contributed by atoms with Gasteiger partial charge in [0.15, 0.2) is 0 Å². The summed E-state index contributed by atoms with van der Waals surface area (Å²) in [6.07, 6.45) is 3.07. The number of likely N-dealkylation sites (N-methyl/N-ethyl adjacent to an activating group) is 1. The van der Waals surface area contributed by atoms with E-state index in [-0.39, 0.29) is 18.0 Å². The predicted molar refractivity (Wildman–Crippen MR) is 66.5 cm³/mol. The number of likely N-dealkylation sites (tertiary alicyclic amines) is 1. The van der Waals surface area contributed by atoms with Crippen LogP contribution in [0.1, 0.15) is 42.3 Å². The molecule has 2 N–H and O–H groups in total. The van der Waals surface area contributed by atoms with Crippen molar-refractivity contribution in [2.45, 2.75) is 37.3 Å². The van der Waals surface area contributed by atoms with E-state index >= 15 is 0 Å². The number of nitrogens with two attached hydrogens (primary N) is 1. The fourth-order valence-electron chi connectivity index (χ4n) is 2.78. The Hall–Kier alpha value is -1.35. The lowest BCUT2D eigenvalue weighted by molar-refractivity contribution is -0.127. The quantitative estimate of drug-likeness (QED) is 0.842. The maximum atomic E-state index is 11.6. The molecule has 1 amide bonds. The minimum atomic E-state index is -0.0676. The Balaban J connectivity index is 1.92. The number of hydrogen-bond acceptors (Lipinski definition) is 2. The van der Waals surface area contributed by atoms with E-state index in [2.05, 4.69) is 24.3 Å². The van der Waals surface area contributed by atoms with Crippen molar-refractivity contribution in [3.05, 3.63) is 35.4 Å². The molecular weight excluding hydrogens is 212 g/mol. The zero-order chi connectivity index (χ0) is 12.0. The highest BCUT2D eigenvalue weighted by Gasteiger charge is 2.36. The number of nitrogens with zero attached hydrogens (tertiary/aromatic N) is 1. The van der Waals surface area contributed by atoms with Gasteiger partial charge < -0.3 is 10.6 Å². The molecule has 1 aliphatic carbocycles. The summed E-state index contributed by atoms with van der Waals surface area (Å²) in [4.78, 5) is 13.4. The third kappa shape index (κ3) is 1.84. The average molecular weight is 230 g/mol. The van der Waals surface area contributed by atoms with E-state index in [0.717, 1.165) is 5.92 Å². The maximum absolute atomic E-state index is 11.6. The largest absolute Gasteiger partial charge is 0.337 e. The second-order valence-corrected chi connectivity index (χ2v) is 5.26. The maximum Gasteiger partial charge on any atom is 0.224 e. The van der Waals surface area contributed by atoms with Crippen molar-refractivity contribution in [1.82, 2.24) is 4.90 Å². The van der Waals surface area contributed by atoms with Gasteiger partial charge >= 0.3 is 0 Å². The lowest BCUT2D eigenvalue weighted by atomic mass is 9.97. The molecule has 2 atom stereocenters. The summed E-state index contributed by atoms with van der Waals surface area (Å²) in [6, 6.07) is 8.58. The molecule has 3 nitrogen and oxygen atoms in total. The van der Waals surface area contributed by atoms with Crippen LogP contribution in [0.3, 0.4) is 0 Å². The first-order valence-corrected chi connectivity index (χ1v) is 6.28. The smallest absolute Gasteiger partial charge is 0.224 e. The monoisotopic (exact) mass is 230 g/mol. The fourth-order valence-corrected chi connectivity index (χ4v) is 2.78. The molecule has 1 aliphatic heterocycles. The molecule has 1 saturated carbocycles. The predicted octanol–water partition coefficient (Wildman–Crippen LogP) is 1.79. The second-order valence-electron chi connectivity index (χ2n) is 5.26. The molecule has 2 unspecified atom stereocenters. The molecular formula is C14H18N2O. The second kappa shape index (κ2) is 3.84. The minimum absolute atomic E-state index is 0.0567. The van der Waals surface area contributed by atoms with Crippen molar-refractivity contribution in [3.63, 3.8) is 0 Å². The van der Waals surface area contributed by atoms with Gasteiger partial charge in [-0.15, -0.1) is 0 Å². The van der Waals surface area contributed by atoms with Crippen molar-refractivity contribution in [2.75, 3.05) is 7.05 Å². The Morgan fingerprint density at radius 3 is 2.59 bits per heavy atom. The lowest BCUT2D eigenvalue weighted by Crippen LogP contribution is -2.30. The van der Waals surface area contributed by atoms with Crippen molar-refractivity contribution in [2.24, 2.45) is 5.73 Å². The van der Waals surface area contributed by atoms with E-state index in [0.29, 0.717) is 6.42 Å². The van der Waals surface area contributed by atoms with E-state index in [1.165, 1.54) is 24.0 Å². The number of hydrogen-bond donors (Lipinski definition) is 1.